The van der Waals surface area contributed by atoms with Crippen LogP contribution in [0.1, 0.15) is 39.0 Å². The summed E-state index contributed by atoms with van der Waals surface area (Å²) in [5, 5.41) is 8.48. The van der Waals surface area contributed by atoms with Crippen molar-refractivity contribution in [2.75, 3.05) is 18.9 Å². The van der Waals surface area contributed by atoms with Gasteiger partial charge in [-0.3, -0.25) is 0 Å². The summed E-state index contributed by atoms with van der Waals surface area (Å²) >= 11 is 0. The van der Waals surface area contributed by atoms with Gasteiger partial charge < -0.3 is 5.11 Å². The number of nitrogens with one attached hydrogen (secondary N) is 1. The zero-order valence-electron chi connectivity index (χ0n) is 8.83. The van der Waals surface area contributed by atoms with Crippen LogP contribution in [0.3, 0.4) is 0 Å². The minimum Gasteiger partial charge on any atom is -0.396 e. The molecule has 0 heterocycles. The van der Waals surface area contributed by atoms with Crippen LogP contribution in [0.25, 0.3) is 0 Å². The van der Waals surface area contributed by atoms with Crippen molar-refractivity contribution in [3.05, 3.63) is 0 Å². The average molecular weight is 223 g/mol. The number of aliphatic hydroxyl groups is 1. The second-order valence-electron chi connectivity index (χ2n) is 3.35. The molecule has 0 fully saturated rings. The molecule has 5 heteroatoms. The van der Waals surface area contributed by atoms with Crippen molar-refractivity contribution in [2.45, 2.75) is 39.0 Å². The molecule has 0 aliphatic heterocycles. The molecule has 14 heavy (non-hydrogen) atoms. The van der Waals surface area contributed by atoms with Crippen molar-refractivity contribution in [3.8, 4) is 0 Å². The molecule has 0 amide bonds. The lowest BCUT2D eigenvalue weighted by molar-refractivity contribution is 0.295. The first-order valence-corrected chi connectivity index (χ1v) is 6.86. The van der Waals surface area contributed by atoms with E-state index in [0.29, 0.717) is 13.0 Å². The van der Waals surface area contributed by atoms with Crippen LogP contribution >= 0.6 is 0 Å². The van der Waals surface area contributed by atoms with Crippen LogP contribution in [0, 0.1) is 0 Å². The van der Waals surface area contributed by atoms with Gasteiger partial charge in [-0.05, 0) is 12.8 Å². The predicted octanol–water partition coefficient (Wildman–Crippen LogP) is 0.869. The Balaban J connectivity index is 3.46. The molecular formula is C9H21NO3S. The fourth-order valence-corrected chi connectivity index (χ4v) is 2.22. The minimum atomic E-state index is -3.14. The third-order valence-corrected chi connectivity index (χ3v) is 3.39. The maximum atomic E-state index is 11.2. The number of sulfonamides is 1. The van der Waals surface area contributed by atoms with Crippen LogP contribution < -0.4 is 4.72 Å². The van der Waals surface area contributed by atoms with Crippen LogP contribution in [0.2, 0.25) is 0 Å². The summed E-state index contributed by atoms with van der Waals surface area (Å²) in [7, 11) is -3.14. The summed E-state index contributed by atoms with van der Waals surface area (Å²) in [6.45, 7) is 2.57. The lowest BCUT2D eigenvalue weighted by atomic mass is 10.2. The lowest BCUT2D eigenvalue weighted by Crippen LogP contribution is -2.27. The van der Waals surface area contributed by atoms with Crippen LogP contribution in [-0.4, -0.2) is 32.4 Å². The molecule has 0 aromatic heterocycles. The van der Waals surface area contributed by atoms with Gasteiger partial charge in [-0.2, -0.15) is 0 Å². The molecular weight excluding hydrogens is 202 g/mol. The summed E-state index contributed by atoms with van der Waals surface area (Å²) in [4.78, 5) is 0. The molecule has 0 radical (unpaired) electrons. The largest absolute Gasteiger partial charge is 0.396 e. The highest BCUT2D eigenvalue weighted by atomic mass is 32.2. The van der Waals surface area contributed by atoms with E-state index in [4.69, 9.17) is 5.11 Å². The van der Waals surface area contributed by atoms with Gasteiger partial charge in [0.1, 0.15) is 0 Å². The smallest absolute Gasteiger partial charge is 0.211 e. The van der Waals surface area contributed by atoms with Crippen molar-refractivity contribution in [2.24, 2.45) is 0 Å². The zero-order chi connectivity index (χ0) is 10.9. The molecule has 0 aromatic rings. The molecule has 0 saturated heterocycles. The summed E-state index contributed by atoms with van der Waals surface area (Å²) in [6, 6.07) is 0. The van der Waals surface area contributed by atoms with Crippen LogP contribution in [0.4, 0.5) is 0 Å². The van der Waals surface area contributed by atoms with Gasteiger partial charge in [-0.25, -0.2) is 13.1 Å². The van der Waals surface area contributed by atoms with Crippen molar-refractivity contribution < 1.29 is 13.5 Å². The molecule has 0 rings (SSSR count). The van der Waals surface area contributed by atoms with Gasteiger partial charge in [-0.15, -0.1) is 0 Å². The van der Waals surface area contributed by atoms with E-state index in [0.717, 1.165) is 25.7 Å². The highest BCUT2D eigenvalue weighted by Crippen LogP contribution is 1.98. The molecule has 0 aliphatic rings. The molecule has 2 N–H and O–H groups in total. The van der Waals surface area contributed by atoms with E-state index in [1.807, 2.05) is 0 Å². The van der Waals surface area contributed by atoms with E-state index in [-0.39, 0.29) is 12.4 Å². The molecule has 0 atom stereocenters. The maximum absolute atomic E-state index is 11.2. The average Bonchev–Trinajstić information content (AvgIpc) is 2.15. The van der Waals surface area contributed by atoms with Gasteiger partial charge in [0.2, 0.25) is 10.0 Å². The van der Waals surface area contributed by atoms with E-state index in [1.54, 1.807) is 0 Å². The van der Waals surface area contributed by atoms with Gasteiger partial charge in [0.05, 0.1) is 5.75 Å². The van der Waals surface area contributed by atoms with Gasteiger partial charge in [0, 0.05) is 13.2 Å². The van der Waals surface area contributed by atoms with Gasteiger partial charge in [-0.1, -0.05) is 26.2 Å². The third-order valence-electron chi connectivity index (χ3n) is 1.92. The monoisotopic (exact) mass is 223 g/mol. The Hall–Kier alpha value is -0.130. The van der Waals surface area contributed by atoms with Crippen LogP contribution in [0.15, 0.2) is 0 Å². The van der Waals surface area contributed by atoms with Crippen molar-refractivity contribution in [1.82, 2.24) is 4.72 Å². The number of unbranched alkanes of at least 4 members (excludes halogenated alkanes) is 3. The summed E-state index contributed by atoms with van der Waals surface area (Å²) in [5.74, 6) is 0.0251. The van der Waals surface area contributed by atoms with E-state index in [9.17, 15) is 8.42 Å². The predicted molar refractivity (Wildman–Crippen MR) is 57.6 cm³/mol. The molecule has 4 nitrogen and oxygen atoms in total. The Kier molecular flexibility index (Phi) is 8.12. The minimum absolute atomic E-state index is 0.0251. The third kappa shape index (κ3) is 8.47. The second-order valence-corrected chi connectivity index (χ2v) is 5.28. The normalized spacial score (nSPS) is 11.9. The molecule has 0 bridgehead atoms. The number of aliphatic hydroxyl groups excluding tert-OH is 1. The summed E-state index contributed by atoms with van der Waals surface area (Å²) < 4.78 is 24.9. The Morgan fingerprint density at radius 1 is 1.14 bits per heavy atom. The number of hydrogen-bond acceptors (Lipinski definition) is 3. The van der Waals surface area contributed by atoms with E-state index < -0.39 is 10.0 Å². The first-order chi connectivity index (χ1) is 6.62. The topological polar surface area (TPSA) is 66.4 Å². The van der Waals surface area contributed by atoms with Gasteiger partial charge in [0.15, 0.2) is 0 Å². The Morgan fingerprint density at radius 3 is 2.43 bits per heavy atom. The highest BCUT2D eigenvalue weighted by Gasteiger charge is 2.07. The zero-order valence-corrected chi connectivity index (χ0v) is 9.65. The Morgan fingerprint density at radius 2 is 1.86 bits per heavy atom. The molecule has 0 aromatic carbocycles. The first kappa shape index (κ1) is 13.9. The molecule has 86 valence electrons. The fraction of sp³-hybridized carbons (Fsp3) is 1.00. The van der Waals surface area contributed by atoms with Crippen molar-refractivity contribution in [3.63, 3.8) is 0 Å². The summed E-state index contributed by atoms with van der Waals surface area (Å²) in [6.07, 6.45) is 4.57. The maximum Gasteiger partial charge on any atom is 0.211 e. The highest BCUT2D eigenvalue weighted by molar-refractivity contribution is 7.89. The van der Waals surface area contributed by atoms with E-state index in [1.165, 1.54) is 0 Å². The van der Waals surface area contributed by atoms with Crippen LogP contribution in [0.5, 0.6) is 0 Å². The quantitative estimate of drug-likeness (QED) is 0.570. The SMILES string of the molecule is CCCCCCNS(=O)(=O)CCCO. The molecule has 0 unspecified atom stereocenters. The molecule has 0 saturated carbocycles. The molecule has 0 aliphatic carbocycles. The van der Waals surface area contributed by atoms with Gasteiger partial charge in [0.25, 0.3) is 0 Å². The molecule has 0 spiro atoms. The standard InChI is InChI=1S/C9H21NO3S/c1-2-3-4-5-7-10-14(12,13)9-6-8-11/h10-11H,2-9H2,1H3. The van der Waals surface area contributed by atoms with E-state index >= 15 is 0 Å². The lowest BCUT2D eigenvalue weighted by Gasteiger charge is -2.05. The van der Waals surface area contributed by atoms with Crippen molar-refractivity contribution >= 4 is 10.0 Å². The summed E-state index contributed by atoms with van der Waals surface area (Å²) in [5.41, 5.74) is 0. The van der Waals surface area contributed by atoms with Gasteiger partial charge >= 0.3 is 0 Å². The van der Waals surface area contributed by atoms with Crippen LogP contribution in [-0.2, 0) is 10.0 Å². The number of rotatable bonds is 9. The Labute approximate surface area is 86.8 Å². The van der Waals surface area contributed by atoms with Crippen molar-refractivity contribution in [1.29, 1.82) is 0 Å². The van der Waals surface area contributed by atoms with E-state index in [2.05, 4.69) is 11.6 Å². The Bertz CT molecular complexity index is 214. The number of hydrogen-bond donors (Lipinski definition) is 2. The second kappa shape index (κ2) is 8.20. The first-order valence-electron chi connectivity index (χ1n) is 5.20. The fourth-order valence-electron chi connectivity index (χ4n) is 1.11.